The predicted octanol–water partition coefficient (Wildman–Crippen LogP) is -0.897. The smallest absolute Gasteiger partial charge is 0.353 e. The first kappa shape index (κ1) is 12.5. The highest BCUT2D eigenvalue weighted by Gasteiger charge is 2.16. The SMILES string of the molecule is CC(NC(N)=O)C(=O)Nc1cc(C(=O)O)[nH]n1. The molecular formula is C8H11N5O4. The number of amides is 3. The number of hydrogen-bond acceptors (Lipinski definition) is 4. The van der Waals surface area contributed by atoms with Crippen LogP contribution < -0.4 is 16.4 Å². The summed E-state index contributed by atoms with van der Waals surface area (Å²) in [7, 11) is 0. The summed E-state index contributed by atoms with van der Waals surface area (Å²) in [5.41, 5.74) is 4.68. The summed E-state index contributed by atoms with van der Waals surface area (Å²) >= 11 is 0. The van der Waals surface area contributed by atoms with Crippen molar-refractivity contribution in [3.05, 3.63) is 11.8 Å². The van der Waals surface area contributed by atoms with Gasteiger partial charge in [-0.15, -0.1) is 0 Å². The van der Waals surface area contributed by atoms with Gasteiger partial charge < -0.3 is 21.5 Å². The normalized spacial score (nSPS) is 11.6. The Morgan fingerprint density at radius 1 is 1.53 bits per heavy atom. The molecule has 0 bridgehead atoms. The van der Waals surface area contributed by atoms with Gasteiger partial charge in [0, 0.05) is 6.07 Å². The molecule has 0 aliphatic rings. The van der Waals surface area contributed by atoms with E-state index in [0.717, 1.165) is 6.07 Å². The van der Waals surface area contributed by atoms with Crippen molar-refractivity contribution in [3.8, 4) is 0 Å². The van der Waals surface area contributed by atoms with Gasteiger partial charge in [-0.05, 0) is 6.92 Å². The van der Waals surface area contributed by atoms with Crippen LogP contribution in [0.2, 0.25) is 0 Å². The lowest BCUT2D eigenvalue weighted by atomic mass is 10.3. The van der Waals surface area contributed by atoms with E-state index in [-0.39, 0.29) is 11.5 Å². The minimum absolute atomic E-state index is 0.0468. The fourth-order valence-corrected chi connectivity index (χ4v) is 1.01. The Bertz CT molecular complexity index is 455. The number of carbonyl (C=O) groups excluding carboxylic acids is 2. The first-order valence-electron chi connectivity index (χ1n) is 4.55. The molecule has 0 aliphatic carbocycles. The molecule has 1 unspecified atom stereocenters. The molecule has 1 atom stereocenters. The number of nitrogens with one attached hydrogen (secondary N) is 3. The molecule has 1 aromatic rings. The Hall–Kier alpha value is -2.58. The second-order valence-electron chi connectivity index (χ2n) is 3.19. The van der Waals surface area contributed by atoms with Gasteiger partial charge in [-0.2, -0.15) is 5.10 Å². The molecule has 1 heterocycles. The van der Waals surface area contributed by atoms with Gasteiger partial charge in [0.2, 0.25) is 5.91 Å². The number of nitrogens with two attached hydrogens (primary N) is 1. The van der Waals surface area contributed by atoms with Crippen molar-refractivity contribution in [3.63, 3.8) is 0 Å². The summed E-state index contributed by atoms with van der Waals surface area (Å²) in [5.74, 6) is -1.71. The summed E-state index contributed by atoms with van der Waals surface area (Å²) < 4.78 is 0. The minimum Gasteiger partial charge on any atom is -0.477 e. The van der Waals surface area contributed by atoms with E-state index in [0.29, 0.717) is 0 Å². The average molecular weight is 241 g/mol. The van der Waals surface area contributed by atoms with Crippen LogP contribution in [0.3, 0.4) is 0 Å². The van der Waals surface area contributed by atoms with Crippen molar-refractivity contribution in [1.82, 2.24) is 15.5 Å². The first-order chi connectivity index (χ1) is 7.90. The molecule has 6 N–H and O–H groups in total. The maximum atomic E-state index is 11.4. The molecule has 92 valence electrons. The standard InChI is InChI=1S/C8H11N5O4/c1-3(10-8(9)17)6(14)11-5-2-4(7(15)16)12-13-5/h2-3H,1H3,(H,15,16)(H3,9,10,17)(H2,11,12,13,14). The van der Waals surface area contributed by atoms with Crippen LogP contribution in [0, 0.1) is 0 Å². The van der Waals surface area contributed by atoms with Crippen molar-refractivity contribution >= 4 is 23.7 Å². The molecular weight excluding hydrogens is 230 g/mol. The molecule has 9 nitrogen and oxygen atoms in total. The van der Waals surface area contributed by atoms with Crippen molar-refractivity contribution in [2.75, 3.05) is 5.32 Å². The number of aromatic carboxylic acids is 1. The third-order valence-corrected chi connectivity index (χ3v) is 1.81. The van der Waals surface area contributed by atoms with E-state index in [1.807, 2.05) is 0 Å². The van der Waals surface area contributed by atoms with Gasteiger partial charge in [0.25, 0.3) is 0 Å². The largest absolute Gasteiger partial charge is 0.477 e. The van der Waals surface area contributed by atoms with E-state index in [4.69, 9.17) is 10.8 Å². The van der Waals surface area contributed by atoms with Gasteiger partial charge in [-0.3, -0.25) is 9.89 Å². The number of carboxylic acids is 1. The zero-order valence-corrected chi connectivity index (χ0v) is 8.85. The number of rotatable bonds is 4. The third-order valence-electron chi connectivity index (χ3n) is 1.81. The Morgan fingerprint density at radius 3 is 2.65 bits per heavy atom. The summed E-state index contributed by atoms with van der Waals surface area (Å²) in [4.78, 5) is 32.5. The molecule has 3 amide bonds. The van der Waals surface area contributed by atoms with Crippen LogP contribution >= 0.6 is 0 Å². The first-order valence-corrected chi connectivity index (χ1v) is 4.55. The van der Waals surface area contributed by atoms with Gasteiger partial charge >= 0.3 is 12.0 Å². The van der Waals surface area contributed by atoms with Crippen LogP contribution in [-0.4, -0.2) is 39.3 Å². The van der Waals surface area contributed by atoms with Crippen molar-refractivity contribution in [2.24, 2.45) is 5.73 Å². The molecule has 9 heteroatoms. The van der Waals surface area contributed by atoms with E-state index >= 15 is 0 Å². The maximum Gasteiger partial charge on any atom is 0.353 e. The fourth-order valence-electron chi connectivity index (χ4n) is 1.01. The van der Waals surface area contributed by atoms with E-state index in [1.54, 1.807) is 0 Å². The highest BCUT2D eigenvalue weighted by atomic mass is 16.4. The maximum absolute atomic E-state index is 11.4. The third kappa shape index (κ3) is 3.48. The van der Waals surface area contributed by atoms with Gasteiger partial charge in [0.05, 0.1) is 0 Å². The molecule has 0 saturated heterocycles. The molecule has 0 spiro atoms. The molecule has 0 fully saturated rings. The van der Waals surface area contributed by atoms with Gasteiger partial charge in [0.1, 0.15) is 11.7 Å². The molecule has 0 saturated carbocycles. The lowest BCUT2D eigenvalue weighted by molar-refractivity contribution is -0.117. The Balaban J connectivity index is 2.61. The average Bonchev–Trinajstić information content (AvgIpc) is 2.65. The molecule has 0 aliphatic heterocycles. The number of aromatic nitrogens is 2. The number of hydrogen-bond donors (Lipinski definition) is 5. The van der Waals surface area contributed by atoms with Crippen LogP contribution in [0.1, 0.15) is 17.4 Å². The zero-order valence-electron chi connectivity index (χ0n) is 8.85. The van der Waals surface area contributed by atoms with E-state index in [1.165, 1.54) is 6.92 Å². The van der Waals surface area contributed by atoms with E-state index < -0.39 is 23.9 Å². The number of carbonyl (C=O) groups is 3. The minimum atomic E-state index is -1.19. The molecule has 1 aromatic heterocycles. The fraction of sp³-hybridized carbons (Fsp3) is 0.250. The van der Waals surface area contributed by atoms with Gasteiger partial charge in [-0.25, -0.2) is 9.59 Å². The van der Waals surface area contributed by atoms with Crippen molar-refractivity contribution < 1.29 is 19.5 Å². The molecule has 0 aromatic carbocycles. The van der Waals surface area contributed by atoms with Gasteiger partial charge in [-0.1, -0.05) is 0 Å². The number of anilines is 1. The highest BCUT2D eigenvalue weighted by molar-refractivity contribution is 5.96. The van der Waals surface area contributed by atoms with Crippen LogP contribution in [0.5, 0.6) is 0 Å². The van der Waals surface area contributed by atoms with E-state index in [2.05, 4.69) is 20.8 Å². The quantitative estimate of drug-likeness (QED) is 0.463. The monoisotopic (exact) mass is 241 g/mol. The Labute approximate surface area is 95.4 Å². The van der Waals surface area contributed by atoms with Crippen LogP contribution in [0.4, 0.5) is 10.6 Å². The topological polar surface area (TPSA) is 150 Å². The number of primary amides is 1. The number of carboxylic acid groups (broad SMARTS) is 1. The highest BCUT2D eigenvalue weighted by Crippen LogP contribution is 2.05. The number of nitrogens with zero attached hydrogens (tertiary/aromatic N) is 1. The van der Waals surface area contributed by atoms with E-state index in [9.17, 15) is 14.4 Å². The van der Waals surface area contributed by atoms with Crippen LogP contribution in [0.25, 0.3) is 0 Å². The summed E-state index contributed by atoms with van der Waals surface area (Å²) in [6.07, 6.45) is 0. The van der Waals surface area contributed by atoms with Crippen LogP contribution in [0.15, 0.2) is 6.07 Å². The van der Waals surface area contributed by atoms with Gasteiger partial charge in [0.15, 0.2) is 5.82 Å². The Morgan fingerprint density at radius 2 is 2.18 bits per heavy atom. The molecule has 17 heavy (non-hydrogen) atoms. The summed E-state index contributed by atoms with van der Waals surface area (Å²) in [6.45, 7) is 1.42. The lowest BCUT2D eigenvalue weighted by Crippen LogP contribution is -2.44. The second kappa shape index (κ2) is 4.96. The zero-order chi connectivity index (χ0) is 13.0. The van der Waals surface area contributed by atoms with Crippen molar-refractivity contribution in [1.29, 1.82) is 0 Å². The Kier molecular flexibility index (Phi) is 3.65. The second-order valence-corrected chi connectivity index (χ2v) is 3.19. The number of urea groups is 1. The predicted molar refractivity (Wildman–Crippen MR) is 56.4 cm³/mol. The molecule has 0 radical (unpaired) electrons. The van der Waals surface area contributed by atoms with Crippen molar-refractivity contribution in [2.45, 2.75) is 13.0 Å². The molecule has 1 rings (SSSR count). The van der Waals surface area contributed by atoms with Crippen LogP contribution in [-0.2, 0) is 4.79 Å². The summed E-state index contributed by atoms with van der Waals surface area (Å²) in [5, 5.41) is 18.8. The summed E-state index contributed by atoms with van der Waals surface area (Å²) in [6, 6.07) is -0.532. The number of H-pyrrole nitrogens is 1. The lowest BCUT2D eigenvalue weighted by Gasteiger charge is -2.10. The number of aromatic amines is 1.